The van der Waals surface area contributed by atoms with E-state index in [0.717, 1.165) is 18.2 Å². The van der Waals surface area contributed by atoms with E-state index >= 15 is 0 Å². The normalized spacial score (nSPS) is 9.73. The molecule has 0 unspecified atom stereocenters. The molecule has 0 fully saturated rings. The van der Waals surface area contributed by atoms with Crippen LogP contribution >= 0.6 is 0 Å². The first kappa shape index (κ1) is 10.8. The Labute approximate surface area is 82.7 Å². The molecule has 15 heavy (non-hydrogen) atoms. The number of nitriles is 1. The van der Waals surface area contributed by atoms with E-state index in [1.807, 2.05) is 0 Å². The van der Waals surface area contributed by atoms with Gasteiger partial charge in [0.2, 0.25) is 0 Å². The maximum absolute atomic E-state index is 11.9. The number of alkyl halides is 2. The summed E-state index contributed by atoms with van der Waals surface area (Å²) in [6.07, 6.45) is 0. The van der Waals surface area contributed by atoms with Crippen LogP contribution in [0.2, 0.25) is 0 Å². The Balaban J connectivity index is 3.14. The van der Waals surface area contributed by atoms with Crippen molar-refractivity contribution in [2.45, 2.75) is 6.61 Å². The molecule has 0 atom stereocenters. The number of nitrogens with zero attached hydrogens (tertiary/aromatic N) is 2. The second kappa shape index (κ2) is 4.32. The summed E-state index contributed by atoms with van der Waals surface area (Å²) in [6.45, 7) is -3.13. The number of halogens is 2. The van der Waals surface area contributed by atoms with Crippen molar-refractivity contribution >= 4 is 5.69 Å². The summed E-state index contributed by atoms with van der Waals surface area (Å²) >= 11 is 0. The molecular formula is C8H4F2N2O3. The van der Waals surface area contributed by atoms with E-state index in [1.54, 1.807) is 6.07 Å². The monoisotopic (exact) mass is 214 g/mol. The molecule has 0 aliphatic heterocycles. The van der Waals surface area contributed by atoms with Gasteiger partial charge in [-0.3, -0.25) is 10.1 Å². The lowest BCUT2D eigenvalue weighted by atomic mass is 10.2. The Morgan fingerprint density at radius 1 is 1.53 bits per heavy atom. The SMILES string of the molecule is N#Cc1ccc([N+](=O)[O-])cc1OC(F)F. The molecule has 0 heterocycles. The number of benzene rings is 1. The van der Waals surface area contributed by atoms with Crippen molar-refractivity contribution in [2.24, 2.45) is 0 Å². The highest BCUT2D eigenvalue weighted by molar-refractivity contribution is 5.49. The van der Waals surface area contributed by atoms with Crippen LogP contribution in [-0.2, 0) is 0 Å². The molecule has 0 spiro atoms. The van der Waals surface area contributed by atoms with Crippen molar-refractivity contribution in [3.63, 3.8) is 0 Å². The third-order valence-electron chi connectivity index (χ3n) is 1.51. The minimum Gasteiger partial charge on any atom is -0.433 e. The summed E-state index contributed by atoms with van der Waals surface area (Å²) in [5, 5.41) is 18.8. The molecule has 0 aromatic heterocycles. The highest BCUT2D eigenvalue weighted by Gasteiger charge is 2.14. The second-order valence-corrected chi connectivity index (χ2v) is 2.43. The van der Waals surface area contributed by atoms with Crippen molar-refractivity contribution in [3.05, 3.63) is 33.9 Å². The van der Waals surface area contributed by atoms with Crippen LogP contribution in [0, 0.1) is 21.4 Å². The zero-order valence-corrected chi connectivity index (χ0v) is 7.18. The molecule has 5 nitrogen and oxygen atoms in total. The summed E-state index contributed by atoms with van der Waals surface area (Å²) < 4.78 is 27.7. The van der Waals surface area contributed by atoms with Crippen molar-refractivity contribution in [1.29, 1.82) is 5.26 Å². The van der Waals surface area contributed by atoms with E-state index in [1.165, 1.54) is 0 Å². The standard InChI is InChI=1S/C8H4F2N2O3/c9-8(10)15-7-3-6(12(13)14)2-1-5(7)4-11/h1-3,8H. The molecule has 7 heteroatoms. The lowest BCUT2D eigenvalue weighted by molar-refractivity contribution is -0.385. The van der Waals surface area contributed by atoms with Crippen LogP contribution in [0.4, 0.5) is 14.5 Å². The van der Waals surface area contributed by atoms with E-state index in [4.69, 9.17) is 5.26 Å². The molecule has 0 aliphatic carbocycles. The van der Waals surface area contributed by atoms with E-state index < -0.39 is 23.0 Å². The third kappa shape index (κ3) is 2.60. The van der Waals surface area contributed by atoms with Gasteiger partial charge in [0, 0.05) is 6.07 Å². The molecule has 0 saturated heterocycles. The molecule has 0 saturated carbocycles. The Bertz CT molecular complexity index is 428. The molecule has 0 radical (unpaired) electrons. The summed E-state index contributed by atoms with van der Waals surface area (Å²) in [5.41, 5.74) is -0.592. The lowest BCUT2D eigenvalue weighted by Crippen LogP contribution is -2.04. The number of hydrogen-bond donors (Lipinski definition) is 0. The van der Waals surface area contributed by atoms with Gasteiger partial charge in [-0.1, -0.05) is 0 Å². The predicted octanol–water partition coefficient (Wildman–Crippen LogP) is 2.07. The Morgan fingerprint density at radius 2 is 2.20 bits per heavy atom. The fourth-order valence-corrected chi connectivity index (χ4v) is 0.910. The van der Waals surface area contributed by atoms with Crippen molar-refractivity contribution < 1.29 is 18.4 Å². The summed E-state index contributed by atoms with van der Waals surface area (Å²) in [5.74, 6) is -0.498. The molecule has 0 N–H and O–H groups in total. The average Bonchev–Trinajstić information content (AvgIpc) is 2.16. The van der Waals surface area contributed by atoms with E-state index in [0.29, 0.717) is 0 Å². The highest BCUT2D eigenvalue weighted by atomic mass is 19.3. The molecule has 1 aromatic carbocycles. The minimum absolute atomic E-state index is 0.180. The van der Waals surface area contributed by atoms with Gasteiger partial charge >= 0.3 is 6.61 Å². The summed E-state index contributed by atoms with van der Waals surface area (Å²) in [4.78, 5) is 9.55. The van der Waals surface area contributed by atoms with Crippen molar-refractivity contribution in [3.8, 4) is 11.8 Å². The van der Waals surface area contributed by atoms with Gasteiger partial charge in [0.05, 0.1) is 16.6 Å². The zero-order valence-electron chi connectivity index (χ0n) is 7.18. The van der Waals surface area contributed by atoms with Crippen LogP contribution in [0.15, 0.2) is 18.2 Å². The fraction of sp³-hybridized carbons (Fsp3) is 0.125. The third-order valence-corrected chi connectivity index (χ3v) is 1.51. The molecule has 78 valence electrons. The van der Waals surface area contributed by atoms with Crippen LogP contribution in [0.25, 0.3) is 0 Å². The van der Waals surface area contributed by atoms with Crippen LogP contribution < -0.4 is 4.74 Å². The summed E-state index contributed by atoms with van der Waals surface area (Å²) in [6, 6.07) is 4.46. The van der Waals surface area contributed by atoms with E-state index in [9.17, 15) is 18.9 Å². The van der Waals surface area contributed by atoms with Gasteiger partial charge in [-0.2, -0.15) is 14.0 Å². The Morgan fingerprint density at radius 3 is 2.67 bits per heavy atom. The highest BCUT2D eigenvalue weighted by Crippen LogP contribution is 2.25. The van der Waals surface area contributed by atoms with Gasteiger partial charge in [-0.05, 0) is 6.07 Å². The second-order valence-electron chi connectivity index (χ2n) is 2.43. The smallest absolute Gasteiger partial charge is 0.387 e. The lowest BCUT2D eigenvalue weighted by Gasteiger charge is -2.05. The Kier molecular flexibility index (Phi) is 3.13. The Hall–Kier alpha value is -2.23. The van der Waals surface area contributed by atoms with Crippen LogP contribution in [0.1, 0.15) is 5.56 Å². The maximum Gasteiger partial charge on any atom is 0.387 e. The topological polar surface area (TPSA) is 76.2 Å². The van der Waals surface area contributed by atoms with Crippen LogP contribution in [0.5, 0.6) is 5.75 Å². The maximum atomic E-state index is 11.9. The molecule has 1 rings (SSSR count). The first-order chi connectivity index (χ1) is 7.04. The summed E-state index contributed by atoms with van der Waals surface area (Å²) in [7, 11) is 0. The fourth-order valence-electron chi connectivity index (χ4n) is 0.910. The zero-order chi connectivity index (χ0) is 11.4. The van der Waals surface area contributed by atoms with Gasteiger partial charge < -0.3 is 4.74 Å². The molecule has 0 aliphatic rings. The molecule has 0 bridgehead atoms. The largest absolute Gasteiger partial charge is 0.433 e. The number of nitro groups is 1. The van der Waals surface area contributed by atoms with Gasteiger partial charge in [0.15, 0.2) is 5.75 Å². The van der Waals surface area contributed by atoms with Crippen LogP contribution in [-0.4, -0.2) is 11.5 Å². The first-order valence-corrected chi connectivity index (χ1v) is 3.68. The number of non-ortho nitro benzene ring substituents is 1. The van der Waals surface area contributed by atoms with E-state index in [-0.39, 0.29) is 5.56 Å². The first-order valence-electron chi connectivity index (χ1n) is 3.68. The minimum atomic E-state index is -3.13. The number of rotatable bonds is 3. The number of nitro benzene ring substituents is 1. The van der Waals surface area contributed by atoms with Crippen LogP contribution in [0.3, 0.4) is 0 Å². The number of ether oxygens (including phenoxy) is 1. The predicted molar refractivity (Wildman–Crippen MR) is 44.4 cm³/mol. The van der Waals surface area contributed by atoms with Crippen molar-refractivity contribution in [1.82, 2.24) is 0 Å². The van der Waals surface area contributed by atoms with E-state index in [2.05, 4.69) is 4.74 Å². The van der Waals surface area contributed by atoms with Gasteiger partial charge in [-0.15, -0.1) is 0 Å². The molecular weight excluding hydrogens is 210 g/mol. The van der Waals surface area contributed by atoms with Crippen molar-refractivity contribution in [2.75, 3.05) is 0 Å². The average molecular weight is 214 g/mol. The van der Waals surface area contributed by atoms with Gasteiger partial charge in [0.25, 0.3) is 5.69 Å². The number of hydrogen-bond acceptors (Lipinski definition) is 4. The molecule has 1 aromatic rings. The molecule has 0 amide bonds. The van der Waals surface area contributed by atoms with Gasteiger partial charge in [-0.25, -0.2) is 0 Å². The van der Waals surface area contributed by atoms with Gasteiger partial charge in [0.1, 0.15) is 6.07 Å². The quantitative estimate of drug-likeness (QED) is 0.570.